The second kappa shape index (κ2) is 5.49. The number of rotatable bonds is 4. The average molecular weight is 262 g/mol. The Hall–Kier alpha value is -2.41. The number of hydrogen-bond donors (Lipinski definition) is 3. The fourth-order valence-corrected chi connectivity index (χ4v) is 1.52. The highest BCUT2D eigenvalue weighted by Gasteiger charge is 2.16. The van der Waals surface area contributed by atoms with E-state index < -0.39 is 11.9 Å². The summed E-state index contributed by atoms with van der Waals surface area (Å²) in [4.78, 5) is 15.6. The Kier molecular flexibility index (Phi) is 3.76. The van der Waals surface area contributed by atoms with Crippen molar-refractivity contribution in [2.75, 3.05) is 5.32 Å². The average Bonchev–Trinajstić information content (AvgIpc) is 2.77. The Balaban J connectivity index is 1.94. The first kappa shape index (κ1) is 13.0. The minimum Gasteiger partial charge on any atom is -0.508 e. The molecule has 7 nitrogen and oxygen atoms in total. The molecule has 0 fully saturated rings. The van der Waals surface area contributed by atoms with E-state index in [4.69, 9.17) is 15.4 Å². The number of aromatic nitrogens is 2. The van der Waals surface area contributed by atoms with E-state index in [1.807, 2.05) is 0 Å². The second-order valence-electron chi connectivity index (χ2n) is 4.11. The molecule has 1 atom stereocenters. The van der Waals surface area contributed by atoms with Gasteiger partial charge in [0.2, 0.25) is 5.91 Å². The van der Waals surface area contributed by atoms with Gasteiger partial charge in [0.15, 0.2) is 5.82 Å². The molecule has 1 unspecified atom stereocenters. The molecule has 0 bridgehead atoms. The van der Waals surface area contributed by atoms with Gasteiger partial charge in [0.25, 0.3) is 0 Å². The van der Waals surface area contributed by atoms with Crippen LogP contribution in [-0.4, -0.2) is 27.2 Å². The van der Waals surface area contributed by atoms with E-state index in [2.05, 4.69) is 15.5 Å². The van der Waals surface area contributed by atoms with Crippen molar-refractivity contribution < 1.29 is 14.4 Å². The lowest BCUT2D eigenvalue weighted by atomic mass is 10.1. The number of anilines is 1. The highest BCUT2D eigenvalue weighted by Crippen LogP contribution is 2.11. The maximum Gasteiger partial charge on any atom is 0.328 e. The third-order valence-electron chi connectivity index (χ3n) is 2.49. The van der Waals surface area contributed by atoms with Gasteiger partial charge in [-0.3, -0.25) is 10.1 Å². The summed E-state index contributed by atoms with van der Waals surface area (Å²) in [7, 11) is 0. The molecular formula is C12H14N4O3. The predicted octanol–water partition coefficient (Wildman–Crippen LogP) is 0.592. The van der Waals surface area contributed by atoms with Crippen LogP contribution in [0.2, 0.25) is 0 Å². The number of aryl methyl sites for hydroxylation is 1. The number of phenols is 1. The van der Waals surface area contributed by atoms with Gasteiger partial charge in [-0.05, 0) is 31.0 Å². The highest BCUT2D eigenvalue weighted by molar-refractivity contribution is 5.93. The number of carbonyl (C=O) groups excluding carboxylic acids is 1. The van der Waals surface area contributed by atoms with Gasteiger partial charge >= 0.3 is 6.01 Å². The van der Waals surface area contributed by atoms with Crippen LogP contribution in [0.15, 0.2) is 28.8 Å². The molecule has 100 valence electrons. The van der Waals surface area contributed by atoms with Crippen LogP contribution in [0, 0.1) is 6.92 Å². The Bertz CT molecular complexity index is 565. The largest absolute Gasteiger partial charge is 0.508 e. The molecular weight excluding hydrogens is 248 g/mol. The number of hydrogen-bond acceptors (Lipinski definition) is 6. The molecule has 1 aromatic heterocycles. The molecule has 0 spiro atoms. The summed E-state index contributed by atoms with van der Waals surface area (Å²) < 4.78 is 4.77. The molecule has 19 heavy (non-hydrogen) atoms. The number of nitrogens with one attached hydrogen (secondary N) is 1. The first-order valence-electron chi connectivity index (χ1n) is 5.69. The van der Waals surface area contributed by atoms with Gasteiger partial charge < -0.3 is 15.4 Å². The quantitative estimate of drug-likeness (QED) is 0.743. The van der Waals surface area contributed by atoms with Crippen molar-refractivity contribution in [2.24, 2.45) is 5.73 Å². The zero-order valence-electron chi connectivity index (χ0n) is 10.3. The standard InChI is InChI=1S/C12H14N4O3/c1-7-14-12(19-16-7)15-11(18)10(13)6-8-2-4-9(17)5-3-8/h2-5,10,17H,6,13H2,1H3,(H,14,15,16,18). The van der Waals surface area contributed by atoms with Crippen LogP contribution >= 0.6 is 0 Å². The van der Waals surface area contributed by atoms with Crippen molar-refractivity contribution in [1.29, 1.82) is 0 Å². The monoisotopic (exact) mass is 262 g/mol. The van der Waals surface area contributed by atoms with Crippen molar-refractivity contribution in [3.05, 3.63) is 35.7 Å². The maximum absolute atomic E-state index is 11.8. The first-order valence-corrected chi connectivity index (χ1v) is 5.69. The van der Waals surface area contributed by atoms with Crippen LogP contribution in [0.5, 0.6) is 5.75 Å². The maximum atomic E-state index is 11.8. The van der Waals surface area contributed by atoms with Crippen LogP contribution in [0.4, 0.5) is 6.01 Å². The van der Waals surface area contributed by atoms with E-state index in [1.54, 1.807) is 31.2 Å². The van der Waals surface area contributed by atoms with Crippen LogP contribution in [-0.2, 0) is 11.2 Å². The van der Waals surface area contributed by atoms with Crippen LogP contribution in [0.25, 0.3) is 0 Å². The lowest BCUT2D eigenvalue weighted by molar-refractivity contribution is -0.117. The van der Waals surface area contributed by atoms with Gasteiger partial charge in [-0.2, -0.15) is 4.98 Å². The summed E-state index contributed by atoms with van der Waals surface area (Å²) in [5, 5.41) is 15.2. The van der Waals surface area contributed by atoms with E-state index >= 15 is 0 Å². The fourth-order valence-electron chi connectivity index (χ4n) is 1.52. The van der Waals surface area contributed by atoms with Crippen molar-refractivity contribution in [3.8, 4) is 5.75 Å². The third-order valence-corrected chi connectivity index (χ3v) is 2.49. The Labute approximate surface area is 109 Å². The highest BCUT2D eigenvalue weighted by atomic mass is 16.5. The minimum absolute atomic E-state index is 0.0312. The van der Waals surface area contributed by atoms with Crippen molar-refractivity contribution in [2.45, 2.75) is 19.4 Å². The molecule has 0 saturated carbocycles. The molecule has 0 aliphatic heterocycles. The van der Waals surface area contributed by atoms with Gasteiger partial charge in [-0.15, -0.1) is 0 Å². The van der Waals surface area contributed by atoms with E-state index in [1.165, 1.54) is 0 Å². The number of carbonyl (C=O) groups is 1. The predicted molar refractivity (Wildman–Crippen MR) is 67.5 cm³/mol. The van der Waals surface area contributed by atoms with E-state index in [0.29, 0.717) is 12.2 Å². The topological polar surface area (TPSA) is 114 Å². The van der Waals surface area contributed by atoms with Gasteiger partial charge in [-0.25, -0.2) is 0 Å². The van der Waals surface area contributed by atoms with Crippen LogP contribution in [0.1, 0.15) is 11.4 Å². The van der Waals surface area contributed by atoms with Gasteiger partial charge in [0.1, 0.15) is 5.75 Å². The Morgan fingerprint density at radius 1 is 1.47 bits per heavy atom. The van der Waals surface area contributed by atoms with Gasteiger partial charge in [-0.1, -0.05) is 17.3 Å². The minimum atomic E-state index is -0.739. The molecule has 1 heterocycles. The number of nitrogens with two attached hydrogens (primary N) is 1. The number of nitrogens with zero attached hydrogens (tertiary/aromatic N) is 2. The molecule has 2 aromatic rings. The van der Waals surface area contributed by atoms with Gasteiger partial charge in [0.05, 0.1) is 6.04 Å². The first-order chi connectivity index (χ1) is 9.04. The second-order valence-corrected chi connectivity index (χ2v) is 4.11. The van der Waals surface area contributed by atoms with Gasteiger partial charge in [0, 0.05) is 0 Å². The lowest BCUT2D eigenvalue weighted by Gasteiger charge is -2.10. The van der Waals surface area contributed by atoms with E-state index in [0.717, 1.165) is 5.56 Å². The zero-order valence-corrected chi connectivity index (χ0v) is 10.3. The molecule has 1 aromatic carbocycles. The summed E-state index contributed by atoms with van der Waals surface area (Å²) in [5.74, 6) is 0.197. The summed E-state index contributed by atoms with van der Waals surface area (Å²) in [6, 6.07) is 5.79. The summed E-state index contributed by atoms with van der Waals surface area (Å²) in [6.07, 6.45) is 0.346. The SMILES string of the molecule is Cc1noc(NC(=O)C(N)Cc2ccc(O)cc2)n1. The van der Waals surface area contributed by atoms with E-state index in [-0.39, 0.29) is 11.8 Å². The number of amides is 1. The number of aromatic hydroxyl groups is 1. The molecule has 1 amide bonds. The molecule has 7 heteroatoms. The molecule has 0 aliphatic carbocycles. The third kappa shape index (κ3) is 3.52. The van der Waals surface area contributed by atoms with E-state index in [9.17, 15) is 4.79 Å². The van der Waals surface area contributed by atoms with Crippen LogP contribution < -0.4 is 11.1 Å². The van der Waals surface area contributed by atoms with Crippen LogP contribution in [0.3, 0.4) is 0 Å². The Morgan fingerprint density at radius 3 is 2.74 bits per heavy atom. The number of benzene rings is 1. The molecule has 0 radical (unpaired) electrons. The molecule has 2 rings (SSSR count). The zero-order chi connectivity index (χ0) is 13.8. The number of phenolic OH excluding ortho intramolecular Hbond substituents is 1. The van der Waals surface area contributed by atoms with Crippen molar-refractivity contribution >= 4 is 11.9 Å². The summed E-state index contributed by atoms with van der Waals surface area (Å²) in [5.41, 5.74) is 6.63. The Morgan fingerprint density at radius 2 is 2.16 bits per heavy atom. The molecule has 0 aliphatic rings. The lowest BCUT2D eigenvalue weighted by Crippen LogP contribution is -2.37. The normalized spacial score (nSPS) is 12.1. The summed E-state index contributed by atoms with van der Waals surface area (Å²) in [6.45, 7) is 1.65. The molecule has 0 saturated heterocycles. The fraction of sp³-hybridized carbons (Fsp3) is 0.250. The smallest absolute Gasteiger partial charge is 0.328 e. The molecule has 4 N–H and O–H groups in total. The summed E-state index contributed by atoms with van der Waals surface area (Å²) >= 11 is 0. The van der Waals surface area contributed by atoms with Crippen molar-refractivity contribution in [3.63, 3.8) is 0 Å². The van der Waals surface area contributed by atoms with Crippen molar-refractivity contribution in [1.82, 2.24) is 10.1 Å².